The molecule has 2 aromatic rings. The Hall–Kier alpha value is -3.09. The first-order valence-corrected chi connectivity index (χ1v) is 11.7. The van der Waals surface area contributed by atoms with Gasteiger partial charge in [0.1, 0.15) is 23.0 Å². The molecule has 0 aliphatic carbocycles. The number of hydrogen-bond donors (Lipinski definition) is 1. The predicted molar refractivity (Wildman–Crippen MR) is 128 cm³/mol. The maximum atomic E-state index is 14.2. The summed E-state index contributed by atoms with van der Waals surface area (Å²) in [5, 5.41) is 2.23. The van der Waals surface area contributed by atoms with Gasteiger partial charge in [0.05, 0.1) is 15.7 Å². The second-order valence-electron chi connectivity index (χ2n) is 9.14. The van der Waals surface area contributed by atoms with Gasteiger partial charge in [0, 0.05) is 37.9 Å². The monoisotopic (exact) mass is 576 g/mol. The molecule has 0 bridgehead atoms. The zero-order valence-electron chi connectivity index (χ0n) is 19.9. The molecule has 0 saturated carbocycles. The molecule has 36 heavy (non-hydrogen) atoms. The van der Waals surface area contributed by atoms with E-state index in [1.807, 2.05) is 11.8 Å². The zero-order chi connectivity index (χ0) is 26.8. The van der Waals surface area contributed by atoms with E-state index in [1.165, 1.54) is 12.3 Å². The number of benzene rings is 1. The van der Waals surface area contributed by atoms with Crippen LogP contribution in [0.3, 0.4) is 0 Å². The SMILES string of the molecule is CC1CN(C(=O)OC(C)(C)C)CCN1c1ccc(C(=O)Nc2cc(OC(F)(F)F)c(Br)cc2F)cn1. The van der Waals surface area contributed by atoms with Crippen LogP contribution in [0, 0.1) is 5.82 Å². The van der Waals surface area contributed by atoms with Gasteiger partial charge in [-0.15, -0.1) is 13.2 Å². The summed E-state index contributed by atoms with van der Waals surface area (Å²) in [5.41, 5.74) is -1.01. The van der Waals surface area contributed by atoms with Crippen LogP contribution in [-0.2, 0) is 4.74 Å². The molecule has 3 rings (SSSR count). The van der Waals surface area contributed by atoms with Crippen molar-refractivity contribution in [3.8, 4) is 5.75 Å². The molecule has 1 aliphatic heterocycles. The molecule has 1 unspecified atom stereocenters. The predicted octanol–water partition coefficient (Wildman–Crippen LogP) is 5.58. The molecular weight excluding hydrogens is 552 g/mol. The average molecular weight is 577 g/mol. The minimum Gasteiger partial charge on any atom is -0.444 e. The number of nitrogens with zero attached hydrogens (tertiary/aromatic N) is 3. The lowest BCUT2D eigenvalue weighted by molar-refractivity contribution is -0.274. The van der Waals surface area contributed by atoms with E-state index < -0.39 is 41.2 Å². The molecule has 1 N–H and O–H groups in total. The molecule has 1 atom stereocenters. The highest BCUT2D eigenvalue weighted by Crippen LogP contribution is 2.34. The van der Waals surface area contributed by atoms with Crippen LogP contribution in [-0.4, -0.2) is 59.5 Å². The molecule has 1 aromatic heterocycles. The summed E-state index contributed by atoms with van der Waals surface area (Å²) in [6, 6.07) is 4.48. The summed E-state index contributed by atoms with van der Waals surface area (Å²) >= 11 is 2.80. The number of halogens is 5. The fourth-order valence-corrected chi connectivity index (χ4v) is 3.90. The smallest absolute Gasteiger partial charge is 0.444 e. The van der Waals surface area contributed by atoms with Crippen LogP contribution in [0.2, 0.25) is 0 Å². The molecule has 13 heteroatoms. The van der Waals surface area contributed by atoms with Gasteiger partial charge in [-0.25, -0.2) is 14.2 Å². The van der Waals surface area contributed by atoms with Gasteiger partial charge in [0.25, 0.3) is 5.91 Å². The number of pyridine rings is 1. The van der Waals surface area contributed by atoms with E-state index in [4.69, 9.17) is 4.74 Å². The Morgan fingerprint density at radius 1 is 1.17 bits per heavy atom. The molecule has 1 saturated heterocycles. The van der Waals surface area contributed by atoms with E-state index in [0.29, 0.717) is 25.5 Å². The summed E-state index contributed by atoms with van der Waals surface area (Å²) in [5.74, 6) is -1.85. The Kier molecular flexibility index (Phi) is 8.01. The fraction of sp³-hybridized carbons (Fsp3) is 0.435. The lowest BCUT2D eigenvalue weighted by Crippen LogP contribution is -2.54. The van der Waals surface area contributed by atoms with Crippen LogP contribution in [0.25, 0.3) is 0 Å². The van der Waals surface area contributed by atoms with E-state index in [1.54, 1.807) is 31.7 Å². The van der Waals surface area contributed by atoms with Gasteiger partial charge in [-0.05, 0) is 61.8 Å². The van der Waals surface area contributed by atoms with Crippen LogP contribution < -0.4 is 15.0 Å². The normalized spacial score (nSPS) is 16.5. The Morgan fingerprint density at radius 3 is 2.42 bits per heavy atom. The second-order valence-corrected chi connectivity index (χ2v) is 9.99. The van der Waals surface area contributed by atoms with Crippen LogP contribution in [0.1, 0.15) is 38.1 Å². The van der Waals surface area contributed by atoms with Crippen molar-refractivity contribution in [3.05, 3.63) is 46.3 Å². The molecule has 2 amide bonds. The number of alkyl halides is 3. The number of amides is 2. The highest BCUT2D eigenvalue weighted by Gasteiger charge is 2.33. The molecular formula is C23H25BrF4N4O4. The van der Waals surface area contributed by atoms with Crippen molar-refractivity contribution in [2.75, 3.05) is 29.9 Å². The van der Waals surface area contributed by atoms with Gasteiger partial charge in [-0.2, -0.15) is 0 Å². The number of hydrogen-bond acceptors (Lipinski definition) is 6. The lowest BCUT2D eigenvalue weighted by atomic mass is 10.1. The summed E-state index contributed by atoms with van der Waals surface area (Å²) in [4.78, 5) is 32.8. The largest absolute Gasteiger partial charge is 0.573 e. The first kappa shape index (κ1) is 27.5. The summed E-state index contributed by atoms with van der Waals surface area (Å²) in [6.07, 6.45) is -4.10. The molecule has 2 heterocycles. The number of anilines is 2. The number of rotatable bonds is 4. The van der Waals surface area contributed by atoms with Crippen molar-refractivity contribution >= 4 is 39.4 Å². The summed E-state index contributed by atoms with van der Waals surface area (Å²) < 4.78 is 60.9. The first-order valence-electron chi connectivity index (χ1n) is 10.9. The number of aromatic nitrogens is 1. The van der Waals surface area contributed by atoms with Crippen LogP contribution >= 0.6 is 15.9 Å². The highest BCUT2D eigenvalue weighted by molar-refractivity contribution is 9.10. The molecule has 1 fully saturated rings. The van der Waals surface area contributed by atoms with Gasteiger partial charge in [-0.3, -0.25) is 4.79 Å². The Morgan fingerprint density at radius 2 is 1.86 bits per heavy atom. The minimum atomic E-state index is -4.99. The van der Waals surface area contributed by atoms with Crippen molar-refractivity contribution in [3.63, 3.8) is 0 Å². The number of carbonyl (C=O) groups excluding carboxylic acids is 2. The topological polar surface area (TPSA) is 84.0 Å². The fourth-order valence-electron chi connectivity index (χ4n) is 3.50. The van der Waals surface area contributed by atoms with Crippen LogP contribution in [0.4, 0.5) is 33.9 Å². The molecule has 1 aliphatic rings. The summed E-state index contributed by atoms with van der Waals surface area (Å²) in [7, 11) is 0. The van der Waals surface area contributed by atoms with E-state index in [2.05, 4.69) is 31.0 Å². The van der Waals surface area contributed by atoms with Gasteiger partial charge in [0.15, 0.2) is 0 Å². The minimum absolute atomic E-state index is 0.0689. The van der Waals surface area contributed by atoms with Crippen molar-refractivity contribution in [2.45, 2.75) is 45.7 Å². The Bertz CT molecular complexity index is 1120. The number of ether oxygens (including phenoxy) is 2. The first-order chi connectivity index (χ1) is 16.6. The second kappa shape index (κ2) is 10.5. The van der Waals surface area contributed by atoms with E-state index in [9.17, 15) is 27.2 Å². The maximum absolute atomic E-state index is 14.2. The molecule has 196 valence electrons. The zero-order valence-corrected chi connectivity index (χ0v) is 21.5. The van der Waals surface area contributed by atoms with Gasteiger partial charge >= 0.3 is 12.5 Å². The third-order valence-corrected chi connectivity index (χ3v) is 5.70. The lowest BCUT2D eigenvalue weighted by Gasteiger charge is -2.40. The Balaban J connectivity index is 1.66. The van der Waals surface area contributed by atoms with E-state index >= 15 is 0 Å². The van der Waals surface area contributed by atoms with Gasteiger partial charge in [-0.1, -0.05) is 0 Å². The van der Waals surface area contributed by atoms with Crippen molar-refractivity contribution < 1.29 is 36.6 Å². The van der Waals surface area contributed by atoms with Crippen molar-refractivity contribution in [1.29, 1.82) is 0 Å². The highest BCUT2D eigenvalue weighted by atomic mass is 79.9. The van der Waals surface area contributed by atoms with Crippen molar-refractivity contribution in [2.24, 2.45) is 0 Å². The molecule has 8 nitrogen and oxygen atoms in total. The number of piperazine rings is 1. The van der Waals surface area contributed by atoms with Crippen LogP contribution in [0.15, 0.2) is 34.9 Å². The van der Waals surface area contributed by atoms with Crippen LogP contribution in [0.5, 0.6) is 5.75 Å². The van der Waals surface area contributed by atoms with Gasteiger partial charge < -0.3 is 24.6 Å². The van der Waals surface area contributed by atoms with E-state index in [-0.39, 0.29) is 16.1 Å². The number of carbonyl (C=O) groups is 2. The number of nitrogens with one attached hydrogen (secondary N) is 1. The quantitative estimate of drug-likeness (QED) is 0.478. The third kappa shape index (κ3) is 7.21. The maximum Gasteiger partial charge on any atom is 0.573 e. The molecule has 0 radical (unpaired) electrons. The van der Waals surface area contributed by atoms with Gasteiger partial charge in [0.2, 0.25) is 0 Å². The van der Waals surface area contributed by atoms with E-state index in [0.717, 1.165) is 12.1 Å². The third-order valence-electron chi connectivity index (χ3n) is 5.08. The standard InChI is InChI=1S/C23H25BrF4N4O4/c1-13-12-31(21(34)36-22(2,3)4)7-8-32(13)19-6-5-14(11-29-19)20(33)30-17-10-18(35-23(26,27)28)15(24)9-16(17)25/h5-6,9-11,13H,7-8,12H2,1-4H3,(H,30,33). The molecule has 1 aromatic carbocycles. The average Bonchev–Trinajstić information content (AvgIpc) is 2.75. The van der Waals surface area contributed by atoms with Crippen molar-refractivity contribution in [1.82, 2.24) is 9.88 Å². The molecule has 0 spiro atoms. The summed E-state index contributed by atoms with van der Waals surface area (Å²) in [6.45, 7) is 8.66. The Labute approximate surface area is 213 Å².